The molecule has 0 amide bonds. The summed E-state index contributed by atoms with van der Waals surface area (Å²) in [5.41, 5.74) is 10.8. The predicted octanol–water partition coefficient (Wildman–Crippen LogP) is 1.55. The summed E-state index contributed by atoms with van der Waals surface area (Å²) >= 11 is 0. The van der Waals surface area contributed by atoms with Crippen LogP contribution >= 0.6 is 0 Å². The van der Waals surface area contributed by atoms with Gasteiger partial charge in [-0.2, -0.15) is 5.10 Å². The van der Waals surface area contributed by atoms with Gasteiger partial charge in [-0.05, 0) is 27.7 Å². The zero-order valence-corrected chi connectivity index (χ0v) is 8.92. The lowest BCUT2D eigenvalue weighted by atomic mass is 10.2. The van der Waals surface area contributed by atoms with Gasteiger partial charge in [0.05, 0.1) is 5.69 Å². The van der Waals surface area contributed by atoms with E-state index in [1.54, 1.807) is 0 Å². The van der Waals surface area contributed by atoms with Gasteiger partial charge in [0.15, 0.2) is 5.65 Å². The number of nitrogens with zero attached hydrogens (tertiary/aromatic N) is 3. The van der Waals surface area contributed by atoms with Crippen LogP contribution in [-0.4, -0.2) is 14.6 Å². The molecule has 2 rings (SSSR count). The maximum Gasteiger partial charge on any atom is 0.160 e. The van der Waals surface area contributed by atoms with Crippen LogP contribution in [0.25, 0.3) is 5.65 Å². The molecule has 0 radical (unpaired) electrons. The smallest absolute Gasteiger partial charge is 0.160 e. The number of hydrogen-bond donors (Lipinski definition) is 1. The third kappa shape index (κ3) is 0.999. The third-order valence-corrected chi connectivity index (χ3v) is 2.80. The number of nitrogen functional groups attached to an aromatic ring is 1. The minimum atomic E-state index is 0.595. The quantitative estimate of drug-likeness (QED) is 0.685. The molecule has 0 spiro atoms. The van der Waals surface area contributed by atoms with Crippen LogP contribution in [-0.2, 0) is 0 Å². The highest BCUT2D eigenvalue weighted by atomic mass is 15.3. The van der Waals surface area contributed by atoms with E-state index >= 15 is 0 Å². The third-order valence-electron chi connectivity index (χ3n) is 2.80. The Bertz CT molecular complexity index is 511. The van der Waals surface area contributed by atoms with Gasteiger partial charge in [0, 0.05) is 16.8 Å². The Labute approximate surface area is 82.8 Å². The van der Waals surface area contributed by atoms with Crippen molar-refractivity contribution in [2.75, 3.05) is 5.73 Å². The van der Waals surface area contributed by atoms with E-state index < -0.39 is 0 Å². The first-order valence-corrected chi connectivity index (χ1v) is 4.61. The molecule has 0 bridgehead atoms. The zero-order valence-electron chi connectivity index (χ0n) is 8.92. The summed E-state index contributed by atoms with van der Waals surface area (Å²) in [5.74, 6) is 0.595. The van der Waals surface area contributed by atoms with Crippen LogP contribution in [0.1, 0.15) is 22.5 Å². The van der Waals surface area contributed by atoms with E-state index in [1.165, 1.54) is 0 Å². The van der Waals surface area contributed by atoms with Gasteiger partial charge in [-0.15, -0.1) is 0 Å². The molecule has 4 heteroatoms. The van der Waals surface area contributed by atoms with Crippen LogP contribution in [0.3, 0.4) is 0 Å². The number of anilines is 1. The zero-order chi connectivity index (χ0) is 10.5. The van der Waals surface area contributed by atoms with Crippen LogP contribution in [0.2, 0.25) is 0 Å². The van der Waals surface area contributed by atoms with E-state index in [-0.39, 0.29) is 0 Å². The number of aryl methyl sites for hydroxylation is 3. The Balaban J connectivity index is 2.98. The van der Waals surface area contributed by atoms with Crippen molar-refractivity contribution in [3.05, 3.63) is 22.5 Å². The van der Waals surface area contributed by atoms with E-state index in [0.717, 1.165) is 28.2 Å². The van der Waals surface area contributed by atoms with Crippen LogP contribution in [0, 0.1) is 27.7 Å². The van der Waals surface area contributed by atoms with Crippen molar-refractivity contribution in [1.82, 2.24) is 14.6 Å². The first-order chi connectivity index (χ1) is 6.52. The fourth-order valence-corrected chi connectivity index (χ4v) is 1.50. The summed E-state index contributed by atoms with van der Waals surface area (Å²) < 4.78 is 1.86. The van der Waals surface area contributed by atoms with Crippen LogP contribution in [0.5, 0.6) is 0 Å². The maximum atomic E-state index is 5.81. The predicted molar refractivity (Wildman–Crippen MR) is 56.3 cm³/mol. The highest BCUT2D eigenvalue weighted by Crippen LogP contribution is 2.19. The molecule has 2 N–H and O–H groups in total. The Morgan fingerprint density at radius 2 is 1.71 bits per heavy atom. The molecular formula is C10H14N4. The molecule has 0 aliphatic carbocycles. The van der Waals surface area contributed by atoms with Crippen molar-refractivity contribution in [3.8, 4) is 0 Å². The fraction of sp³-hybridized carbons (Fsp3) is 0.400. The number of hydrogen-bond acceptors (Lipinski definition) is 3. The van der Waals surface area contributed by atoms with E-state index in [2.05, 4.69) is 10.1 Å². The molecule has 74 valence electrons. The normalized spacial score (nSPS) is 11.1. The average molecular weight is 190 g/mol. The van der Waals surface area contributed by atoms with E-state index in [1.807, 2.05) is 32.2 Å². The highest BCUT2D eigenvalue weighted by molar-refractivity contribution is 5.56. The number of fused-ring (bicyclic) bond motifs is 1. The monoisotopic (exact) mass is 190 g/mol. The van der Waals surface area contributed by atoms with Crippen molar-refractivity contribution >= 4 is 11.5 Å². The minimum absolute atomic E-state index is 0.595. The first-order valence-electron chi connectivity index (χ1n) is 4.61. The lowest BCUT2D eigenvalue weighted by Gasteiger charge is -2.05. The summed E-state index contributed by atoms with van der Waals surface area (Å²) in [6.45, 7) is 7.96. The summed E-state index contributed by atoms with van der Waals surface area (Å²) in [6.07, 6.45) is 0. The standard InChI is InChI=1S/C10H14N4/c1-5-7(3)13-14-8(4)6(2)9(11)12-10(5)14/h1-4H3,(H2,11,12). The second kappa shape index (κ2) is 2.70. The second-order valence-corrected chi connectivity index (χ2v) is 3.65. The first kappa shape index (κ1) is 8.99. The molecule has 4 nitrogen and oxygen atoms in total. The van der Waals surface area contributed by atoms with Gasteiger partial charge >= 0.3 is 0 Å². The molecule has 0 aliphatic rings. The van der Waals surface area contributed by atoms with Gasteiger partial charge in [0.2, 0.25) is 0 Å². The molecule has 0 aromatic carbocycles. The summed E-state index contributed by atoms with van der Waals surface area (Å²) in [5, 5.41) is 4.41. The summed E-state index contributed by atoms with van der Waals surface area (Å²) in [4.78, 5) is 4.33. The highest BCUT2D eigenvalue weighted by Gasteiger charge is 2.11. The average Bonchev–Trinajstić information content (AvgIpc) is 2.42. The Hall–Kier alpha value is -1.58. The Morgan fingerprint density at radius 3 is 2.36 bits per heavy atom. The fourth-order valence-electron chi connectivity index (χ4n) is 1.50. The molecule has 0 aliphatic heterocycles. The molecule has 0 fully saturated rings. The molecule has 0 saturated heterocycles. The van der Waals surface area contributed by atoms with Crippen molar-refractivity contribution in [2.45, 2.75) is 27.7 Å². The molecular weight excluding hydrogens is 176 g/mol. The van der Waals surface area contributed by atoms with Crippen molar-refractivity contribution in [1.29, 1.82) is 0 Å². The van der Waals surface area contributed by atoms with Gasteiger partial charge in [0.25, 0.3) is 0 Å². The van der Waals surface area contributed by atoms with Gasteiger partial charge in [0.1, 0.15) is 5.82 Å². The Kier molecular flexibility index (Phi) is 1.74. The number of aromatic nitrogens is 3. The molecule has 2 heterocycles. The molecule has 2 aromatic heterocycles. The number of nitrogens with two attached hydrogens (primary N) is 1. The number of rotatable bonds is 0. The van der Waals surface area contributed by atoms with Gasteiger partial charge in [-0.25, -0.2) is 9.50 Å². The topological polar surface area (TPSA) is 56.2 Å². The van der Waals surface area contributed by atoms with Gasteiger partial charge in [-0.3, -0.25) is 0 Å². The minimum Gasteiger partial charge on any atom is -0.383 e. The van der Waals surface area contributed by atoms with Crippen LogP contribution in [0.4, 0.5) is 5.82 Å². The van der Waals surface area contributed by atoms with Crippen LogP contribution in [0.15, 0.2) is 0 Å². The van der Waals surface area contributed by atoms with E-state index in [0.29, 0.717) is 5.82 Å². The lowest BCUT2D eigenvalue weighted by Crippen LogP contribution is -2.04. The van der Waals surface area contributed by atoms with Crippen molar-refractivity contribution in [3.63, 3.8) is 0 Å². The van der Waals surface area contributed by atoms with Crippen LogP contribution < -0.4 is 5.73 Å². The Morgan fingerprint density at radius 1 is 1.07 bits per heavy atom. The van der Waals surface area contributed by atoms with Gasteiger partial charge < -0.3 is 5.73 Å². The SMILES string of the molecule is Cc1nn2c(C)c(C)c(N)nc2c1C. The van der Waals surface area contributed by atoms with Gasteiger partial charge in [-0.1, -0.05) is 0 Å². The second-order valence-electron chi connectivity index (χ2n) is 3.65. The maximum absolute atomic E-state index is 5.81. The molecule has 0 atom stereocenters. The summed E-state index contributed by atoms with van der Waals surface area (Å²) in [7, 11) is 0. The van der Waals surface area contributed by atoms with Crippen molar-refractivity contribution in [2.24, 2.45) is 0 Å². The molecule has 2 aromatic rings. The van der Waals surface area contributed by atoms with Crippen molar-refractivity contribution < 1.29 is 0 Å². The largest absolute Gasteiger partial charge is 0.383 e. The molecule has 0 unspecified atom stereocenters. The molecule has 0 saturated carbocycles. The lowest BCUT2D eigenvalue weighted by molar-refractivity contribution is 0.868. The summed E-state index contributed by atoms with van der Waals surface area (Å²) in [6, 6.07) is 0. The molecule has 14 heavy (non-hydrogen) atoms. The van der Waals surface area contributed by atoms with E-state index in [4.69, 9.17) is 5.73 Å². The van der Waals surface area contributed by atoms with E-state index in [9.17, 15) is 0 Å².